The fourth-order valence-corrected chi connectivity index (χ4v) is 1.26. The van der Waals surface area contributed by atoms with Crippen molar-refractivity contribution in [1.29, 1.82) is 0 Å². The molecule has 0 spiro atoms. The van der Waals surface area contributed by atoms with Crippen molar-refractivity contribution in [3.05, 3.63) is 0 Å². The summed E-state index contributed by atoms with van der Waals surface area (Å²) in [6, 6.07) is 0. The number of hydrogen-bond acceptors (Lipinski definition) is 3. The molecule has 0 radical (unpaired) electrons. The monoisotopic (exact) mass is 200 g/mol. The molecule has 1 heterocycles. The van der Waals surface area contributed by atoms with Crippen LogP contribution >= 0.6 is 0 Å². The molecule has 1 saturated heterocycles. The highest BCUT2D eigenvalue weighted by Crippen LogP contribution is 2.39. The lowest BCUT2D eigenvalue weighted by Crippen LogP contribution is -2.45. The molecule has 1 aliphatic rings. The van der Waals surface area contributed by atoms with E-state index in [0.29, 0.717) is 6.42 Å². The Morgan fingerprint density at radius 1 is 1.14 bits per heavy atom. The lowest BCUT2D eigenvalue weighted by Gasteiger charge is -2.32. The fourth-order valence-electron chi connectivity index (χ4n) is 1.26. The molecule has 0 saturated carbocycles. The molecule has 3 nitrogen and oxygen atoms in total. The second-order valence-corrected chi connectivity index (χ2v) is 5.30. The normalized spacial score (nSPS) is 28.9. The third-order valence-electron chi connectivity index (χ3n) is 3.48. The number of aliphatic hydroxyl groups is 1. The van der Waals surface area contributed by atoms with Crippen molar-refractivity contribution < 1.29 is 14.4 Å². The second-order valence-electron chi connectivity index (χ2n) is 5.30. The largest absolute Gasteiger partial charge is 0.491 e. The lowest BCUT2D eigenvalue weighted by atomic mass is 9.67. The maximum Gasteiger partial charge on any atom is 0.491 e. The lowest BCUT2D eigenvalue weighted by molar-refractivity contribution is 0.00578. The summed E-state index contributed by atoms with van der Waals surface area (Å²) >= 11 is 0. The Morgan fingerprint density at radius 3 is 1.79 bits per heavy atom. The van der Waals surface area contributed by atoms with Crippen molar-refractivity contribution in [1.82, 2.24) is 0 Å². The predicted octanol–water partition coefficient (Wildman–Crippen LogP) is 1.78. The molecule has 0 bridgehead atoms. The first-order valence-corrected chi connectivity index (χ1v) is 5.20. The molecule has 0 amide bonds. The topological polar surface area (TPSA) is 38.7 Å². The van der Waals surface area contributed by atoms with Gasteiger partial charge in [-0.3, -0.25) is 0 Å². The van der Waals surface area contributed by atoms with Gasteiger partial charge in [-0.25, -0.2) is 0 Å². The summed E-state index contributed by atoms with van der Waals surface area (Å²) in [6.07, 6.45) is 0.615. The molecule has 0 aliphatic carbocycles. The highest BCUT2D eigenvalue weighted by Gasteiger charge is 2.57. The summed E-state index contributed by atoms with van der Waals surface area (Å²) in [5.41, 5.74) is -1.64. The van der Waals surface area contributed by atoms with Gasteiger partial charge < -0.3 is 14.4 Å². The van der Waals surface area contributed by atoms with E-state index in [9.17, 15) is 5.11 Å². The van der Waals surface area contributed by atoms with Gasteiger partial charge in [0.25, 0.3) is 0 Å². The van der Waals surface area contributed by atoms with Crippen LogP contribution in [0, 0.1) is 0 Å². The first-order chi connectivity index (χ1) is 6.12. The summed E-state index contributed by atoms with van der Waals surface area (Å²) in [6.45, 7) is 11.6. The summed E-state index contributed by atoms with van der Waals surface area (Å²) in [5, 5.41) is 10.0. The van der Waals surface area contributed by atoms with Crippen LogP contribution in [0.5, 0.6) is 0 Å². The molecular formula is C10H21BO3. The molecule has 1 atom stereocenters. The minimum Gasteiger partial charge on any atom is -0.401 e. The van der Waals surface area contributed by atoms with Crippen molar-refractivity contribution in [2.45, 2.75) is 64.7 Å². The average Bonchev–Trinajstić information content (AvgIpc) is 2.22. The van der Waals surface area contributed by atoms with Crippen molar-refractivity contribution in [2.24, 2.45) is 0 Å². The molecule has 0 aromatic carbocycles. The Kier molecular flexibility index (Phi) is 2.77. The molecule has 0 aromatic rings. The Bertz CT molecular complexity index is 207. The van der Waals surface area contributed by atoms with Gasteiger partial charge in [-0.05, 0) is 41.0 Å². The van der Waals surface area contributed by atoms with Crippen LogP contribution in [0.15, 0.2) is 0 Å². The van der Waals surface area contributed by atoms with Crippen LogP contribution in [0.25, 0.3) is 0 Å². The first kappa shape index (κ1) is 12.0. The minimum absolute atomic E-state index is 0.364. The summed E-state index contributed by atoms with van der Waals surface area (Å²) in [5.74, 6) is 0. The second kappa shape index (κ2) is 3.22. The van der Waals surface area contributed by atoms with Gasteiger partial charge in [0.2, 0.25) is 0 Å². The summed E-state index contributed by atoms with van der Waals surface area (Å²) < 4.78 is 11.5. The third kappa shape index (κ3) is 1.83. The number of hydrogen-bond donors (Lipinski definition) is 1. The van der Waals surface area contributed by atoms with Crippen LogP contribution < -0.4 is 0 Å². The summed E-state index contributed by atoms with van der Waals surface area (Å²) in [7, 11) is -0.530. The van der Waals surface area contributed by atoms with E-state index in [4.69, 9.17) is 9.31 Å². The Hall–Kier alpha value is -0.0551. The van der Waals surface area contributed by atoms with Crippen molar-refractivity contribution in [3.8, 4) is 0 Å². The van der Waals surface area contributed by atoms with Crippen molar-refractivity contribution in [3.63, 3.8) is 0 Å². The molecule has 1 rings (SSSR count). The molecule has 82 valence electrons. The van der Waals surface area contributed by atoms with Gasteiger partial charge in [0, 0.05) is 0 Å². The highest BCUT2D eigenvalue weighted by molar-refractivity contribution is 6.49. The fraction of sp³-hybridized carbons (Fsp3) is 1.00. The Balaban J connectivity index is 2.83. The van der Waals surface area contributed by atoms with E-state index in [1.54, 1.807) is 6.92 Å². The molecule has 0 aromatic heterocycles. The molecule has 1 fully saturated rings. The minimum atomic E-state index is -0.912. The smallest absolute Gasteiger partial charge is 0.401 e. The summed E-state index contributed by atoms with van der Waals surface area (Å²) in [4.78, 5) is 0. The predicted molar refractivity (Wildman–Crippen MR) is 57.0 cm³/mol. The molecule has 0 unspecified atom stereocenters. The zero-order valence-corrected chi connectivity index (χ0v) is 10.0. The first-order valence-electron chi connectivity index (χ1n) is 5.20. The van der Waals surface area contributed by atoms with Gasteiger partial charge in [0.1, 0.15) is 0 Å². The van der Waals surface area contributed by atoms with Gasteiger partial charge in [0.05, 0.1) is 16.7 Å². The van der Waals surface area contributed by atoms with E-state index >= 15 is 0 Å². The van der Waals surface area contributed by atoms with Gasteiger partial charge in [-0.15, -0.1) is 0 Å². The SMILES string of the molecule is CC[C@@](C)(O)B1OC(C)(C)C(C)(C)O1. The zero-order chi connectivity index (χ0) is 11.2. The van der Waals surface area contributed by atoms with Gasteiger partial charge >= 0.3 is 7.12 Å². The van der Waals surface area contributed by atoms with Gasteiger partial charge in [-0.1, -0.05) is 6.92 Å². The zero-order valence-electron chi connectivity index (χ0n) is 10.0. The molecular weight excluding hydrogens is 179 g/mol. The average molecular weight is 200 g/mol. The van der Waals surface area contributed by atoms with E-state index < -0.39 is 12.6 Å². The van der Waals surface area contributed by atoms with Crippen LogP contribution in [0.1, 0.15) is 48.0 Å². The molecule has 1 aliphatic heterocycles. The maximum absolute atomic E-state index is 10.0. The van der Waals surface area contributed by atoms with Gasteiger partial charge in [-0.2, -0.15) is 0 Å². The van der Waals surface area contributed by atoms with E-state index in [-0.39, 0.29) is 11.2 Å². The standard InChI is InChI=1S/C10H21BO3/c1-7-10(6,12)11-13-8(2,3)9(4,5)14-11/h12H,7H2,1-6H3/t10-/m1/s1. The van der Waals surface area contributed by atoms with Crippen molar-refractivity contribution in [2.75, 3.05) is 0 Å². The van der Waals surface area contributed by atoms with E-state index in [1.165, 1.54) is 0 Å². The maximum atomic E-state index is 10.0. The Morgan fingerprint density at radius 2 is 1.50 bits per heavy atom. The van der Waals surface area contributed by atoms with Crippen LogP contribution in [-0.4, -0.2) is 28.9 Å². The van der Waals surface area contributed by atoms with Crippen LogP contribution in [0.4, 0.5) is 0 Å². The van der Waals surface area contributed by atoms with Crippen LogP contribution in [0.3, 0.4) is 0 Å². The third-order valence-corrected chi connectivity index (χ3v) is 3.48. The van der Waals surface area contributed by atoms with Gasteiger partial charge in [0.15, 0.2) is 0 Å². The van der Waals surface area contributed by atoms with E-state index in [1.807, 2.05) is 34.6 Å². The molecule has 4 heteroatoms. The quantitative estimate of drug-likeness (QED) is 0.690. The Labute approximate surface area is 86.9 Å². The molecule has 1 N–H and O–H groups in total. The van der Waals surface area contributed by atoms with Crippen LogP contribution in [-0.2, 0) is 9.31 Å². The highest BCUT2D eigenvalue weighted by atomic mass is 16.7. The molecule has 14 heavy (non-hydrogen) atoms. The van der Waals surface area contributed by atoms with E-state index in [2.05, 4.69) is 0 Å². The number of rotatable bonds is 2. The van der Waals surface area contributed by atoms with E-state index in [0.717, 1.165) is 0 Å². The van der Waals surface area contributed by atoms with Crippen molar-refractivity contribution >= 4 is 7.12 Å². The van der Waals surface area contributed by atoms with Crippen LogP contribution in [0.2, 0.25) is 0 Å².